The topological polar surface area (TPSA) is 82.4 Å². The summed E-state index contributed by atoms with van der Waals surface area (Å²) < 4.78 is 5.24. The smallest absolute Gasteiger partial charge is 0.410 e. The first-order valence-corrected chi connectivity index (χ1v) is 11.0. The van der Waals surface area contributed by atoms with E-state index in [2.05, 4.69) is 11.4 Å². The number of likely N-dealkylation sites (tertiary alicyclic amines) is 1. The van der Waals surface area contributed by atoms with Crippen LogP contribution in [0.15, 0.2) is 72.8 Å². The Morgan fingerprint density at radius 1 is 1.00 bits per heavy atom. The molecule has 3 aromatic carbocycles. The Bertz CT molecular complexity index is 1180. The Morgan fingerprint density at radius 2 is 1.70 bits per heavy atom. The molecule has 1 aliphatic rings. The summed E-state index contributed by atoms with van der Waals surface area (Å²) in [6, 6.07) is 23.3. The van der Waals surface area contributed by atoms with Crippen molar-refractivity contribution in [2.75, 3.05) is 18.4 Å². The highest BCUT2D eigenvalue weighted by Crippen LogP contribution is 2.30. The maximum atomic E-state index is 13.1. The highest BCUT2D eigenvalue weighted by molar-refractivity contribution is 6.33. The molecule has 1 aliphatic heterocycles. The number of hydrogen-bond donors (Lipinski definition) is 1. The first-order valence-electron chi connectivity index (χ1n) is 10.7. The van der Waals surface area contributed by atoms with Crippen molar-refractivity contribution in [2.45, 2.75) is 18.8 Å². The Balaban J connectivity index is 1.38. The largest absolute Gasteiger partial charge is 0.417 e. The lowest BCUT2D eigenvalue weighted by atomic mass is 9.89. The number of benzene rings is 3. The van der Waals surface area contributed by atoms with Gasteiger partial charge in [0.15, 0.2) is 0 Å². The van der Waals surface area contributed by atoms with Gasteiger partial charge in [0.05, 0.1) is 22.3 Å². The first-order chi connectivity index (χ1) is 16.0. The van der Waals surface area contributed by atoms with Crippen LogP contribution in [0.5, 0.6) is 5.75 Å². The number of carbonyl (C=O) groups is 2. The van der Waals surface area contributed by atoms with E-state index >= 15 is 0 Å². The lowest BCUT2D eigenvalue weighted by Crippen LogP contribution is -2.38. The third-order valence-corrected chi connectivity index (χ3v) is 6.03. The summed E-state index contributed by atoms with van der Waals surface area (Å²) in [4.78, 5) is 27.1. The van der Waals surface area contributed by atoms with Gasteiger partial charge in [-0.3, -0.25) is 10.1 Å². The number of hydrogen-bond acceptors (Lipinski definition) is 4. The Labute approximate surface area is 197 Å². The van der Waals surface area contributed by atoms with Crippen LogP contribution in [-0.4, -0.2) is 30.0 Å². The first kappa shape index (κ1) is 22.4. The number of rotatable bonds is 4. The van der Waals surface area contributed by atoms with Gasteiger partial charge >= 0.3 is 6.09 Å². The second-order valence-corrected chi connectivity index (χ2v) is 8.23. The minimum absolute atomic E-state index is 0.107. The van der Waals surface area contributed by atoms with Crippen molar-refractivity contribution < 1.29 is 14.3 Å². The number of anilines is 1. The van der Waals surface area contributed by atoms with E-state index in [0.717, 1.165) is 12.8 Å². The van der Waals surface area contributed by atoms with Gasteiger partial charge < -0.3 is 9.64 Å². The number of amides is 2. The van der Waals surface area contributed by atoms with Gasteiger partial charge in [0.2, 0.25) is 0 Å². The molecule has 4 rings (SSSR count). The predicted molar refractivity (Wildman–Crippen MR) is 127 cm³/mol. The zero-order valence-electron chi connectivity index (χ0n) is 17.8. The van der Waals surface area contributed by atoms with Gasteiger partial charge in [0.25, 0.3) is 5.91 Å². The summed E-state index contributed by atoms with van der Waals surface area (Å²) in [6.45, 7) is 1.26. The predicted octanol–water partition coefficient (Wildman–Crippen LogP) is 5.84. The van der Waals surface area contributed by atoms with E-state index in [-0.39, 0.29) is 5.91 Å². The number of nitrogens with zero attached hydrogens (tertiary/aromatic N) is 2. The molecule has 0 aromatic heterocycles. The Morgan fingerprint density at radius 3 is 2.36 bits per heavy atom. The van der Waals surface area contributed by atoms with Crippen LogP contribution in [0.2, 0.25) is 5.02 Å². The molecule has 6 nitrogen and oxygen atoms in total. The molecular formula is C26H22ClN3O3. The number of halogens is 1. The zero-order valence-corrected chi connectivity index (χ0v) is 18.6. The number of nitriles is 1. The van der Waals surface area contributed by atoms with Crippen molar-refractivity contribution in [3.8, 4) is 11.8 Å². The van der Waals surface area contributed by atoms with Gasteiger partial charge in [-0.1, -0.05) is 41.9 Å². The van der Waals surface area contributed by atoms with Gasteiger partial charge in [0, 0.05) is 18.7 Å². The second kappa shape index (κ2) is 10.2. The third-order valence-electron chi connectivity index (χ3n) is 5.70. The van der Waals surface area contributed by atoms with Crippen molar-refractivity contribution >= 4 is 29.3 Å². The van der Waals surface area contributed by atoms with E-state index in [1.165, 1.54) is 5.56 Å². The fourth-order valence-electron chi connectivity index (χ4n) is 3.91. The lowest BCUT2D eigenvalue weighted by Gasteiger charge is -2.32. The quantitative estimate of drug-likeness (QED) is 0.531. The number of para-hydroxylation sites is 1. The van der Waals surface area contributed by atoms with E-state index in [1.807, 2.05) is 35.2 Å². The summed E-state index contributed by atoms with van der Waals surface area (Å²) >= 11 is 6.23. The molecule has 1 saturated heterocycles. The molecule has 33 heavy (non-hydrogen) atoms. The number of piperidine rings is 1. The molecule has 0 radical (unpaired) electrons. The van der Waals surface area contributed by atoms with Gasteiger partial charge in [-0.2, -0.15) is 5.26 Å². The molecule has 0 bridgehead atoms. The molecule has 166 valence electrons. The number of carbonyl (C=O) groups excluding carboxylic acids is 2. The van der Waals surface area contributed by atoms with Crippen molar-refractivity contribution in [3.05, 3.63) is 94.5 Å². The maximum absolute atomic E-state index is 13.1. The molecule has 0 saturated carbocycles. The molecule has 0 spiro atoms. The normalized spacial score (nSPS) is 13.8. The molecule has 0 aliphatic carbocycles. The zero-order chi connectivity index (χ0) is 23.2. The summed E-state index contributed by atoms with van der Waals surface area (Å²) in [7, 11) is 0. The minimum Gasteiger partial charge on any atom is -0.410 e. The van der Waals surface area contributed by atoms with Crippen LogP contribution in [0.1, 0.15) is 40.2 Å². The Hall–Kier alpha value is -3.82. The average Bonchev–Trinajstić information content (AvgIpc) is 2.86. The third kappa shape index (κ3) is 5.51. The minimum atomic E-state index is -0.684. The van der Waals surface area contributed by atoms with Crippen LogP contribution < -0.4 is 10.1 Å². The molecule has 0 unspecified atom stereocenters. The van der Waals surface area contributed by atoms with Crippen LogP contribution in [0.25, 0.3) is 0 Å². The van der Waals surface area contributed by atoms with Crippen molar-refractivity contribution in [1.29, 1.82) is 5.26 Å². The van der Waals surface area contributed by atoms with Crippen LogP contribution in [0, 0.1) is 11.3 Å². The Kier molecular flexibility index (Phi) is 6.92. The standard InChI is InChI=1S/C26H22ClN3O3/c27-23-11-10-21(16-24(23)29-26(32)33-22-4-2-1-3-5-22)25(31)30-14-12-20(13-15-30)19-8-6-18(17-28)7-9-19/h1-11,16,20H,12-15H2,(H,29,32). The molecule has 2 amide bonds. The molecule has 1 heterocycles. The number of nitrogens with one attached hydrogen (secondary N) is 1. The van der Waals surface area contributed by atoms with E-state index in [0.29, 0.717) is 46.6 Å². The SMILES string of the molecule is N#Cc1ccc(C2CCN(C(=O)c3ccc(Cl)c(NC(=O)Oc4ccccc4)c3)CC2)cc1. The lowest BCUT2D eigenvalue weighted by molar-refractivity contribution is 0.0713. The fraction of sp³-hybridized carbons (Fsp3) is 0.192. The van der Waals surface area contributed by atoms with Gasteiger partial charge in [-0.25, -0.2) is 4.79 Å². The van der Waals surface area contributed by atoms with Crippen molar-refractivity contribution in [3.63, 3.8) is 0 Å². The second-order valence-electron chi connectivity index (χ2n) is 7.82. The summed E-state index contributed by atoms with van der Waals surface area (Å²) in [5.41, 5.74) is 2.60. The molecule has 1 N–H and O–H groups in total. The molecule has 7 heteroatoms. The molecular weight excluding hydrogens is 438 g/mol. The monoisotopic (exact) mass is 459 g/mol. The van der Waals surface area contributed by atoms with E-state index in [4.69, 9.17) is 21.6 Å². The summed E-state index contributed by atoms with van der Waals surface area (Å²) in [5.74, 6) is 0.657. The van der Waals surface area contributed by atoms with Crippen molar-refractivity contribution in [2.24, 2.45) is 0 Å². The summed E-state index contributed by atoms with van der Waals surface area (Å²) in [5, 5.41) is 11.9. The highest BCUT2D eigenvalue weighted by Gasteiger charge is 2.25. The van der Waals surface area contributed by atoms with Crippen LogP contribution >= 0.6 is 11.6 Å². The highest BCUT2D eigenvalue weighted by atomic mass is 35.5. The van der Waals surface area contributed by atoms with E-state index in [9.17, 15) is 9.59 Å². The van der Waals surface area contributed by atoms with Gasteiger partial charge in [-0.05, 0) is 66.8 Å². The molecule has 3 aromatic rings. The van der Waals surface area contributed by atoms with Crippen molar-refractivity contribution in [1.82, 2.24) is 4.90 Å². The van der Waals surface area contributed by atoms with Crippen LogP contribution in [0.4, 0.5) is 10.5 Å². The van der Waals surface area contributed by atoms with Crippen LogP contribution in [0.3, 0.4) is 0 Å². The fourth-order valence-corrected chi connectivity index (χ4v) is 4.08. The van der Waals surface area contributed by atoms with Gasteiger partial charge in [-0.15, -0.1) is 0 Å². The van der Waals surface area contributed by atoms with E-state index < -0.39 is 6.09 Å². The van der Waals surface area contributed by atoms with E-state index in [1.54, 1.807) is 42.5 Å². The summed E-state index contributed by atoms with van der Waals surface area (Å²) in [6.07, 6.45) is 1.01. The number of ether oxygens (including phenoxy) is 1. The molecule has 1 fully saturated rings. The average molecular weight is 460 g/mol. The maximum Gasteiger partial charge on any atom is 0.417 e. The van der Waals surface area contributed by atoms with Crippen LogP contribution in [-0.2, 0) is 0 Å². The van der Waals surface area contributed by atoms with Gasteiger partial charge in [0.1, 0.15) is 5.75 Å². The molecule has 0 atom stereocenters.